The van der Waals surface area contributed by atoms with Gasteiger partial charge in [-0.05, 0) is 36.6 Å². The lowest BCUT2D eigenvalue weighted by atomic mass is 10.1. The monoisotopic (exact) mass is 352 g/mol. The fourth-order valence-electron chi connectivity index (χ4n) is 3.00. The summed E-state index contributed by atoms with van der Waals surface area (Å²) >= 11 is 0. The number of rotatable bonds is 7. The predicted octanol–water partition coefficient (Wildman–Crippen LogP) is 3.15. The highest BCUT2D eigenvalue weighted by molar-refractivity contribution is 5.99. The molecule has 2 unspecified atom stereocenters. The molecule has 2 aromatic carbocycles. The molecule has 0 aromatic heterocycles. The Labute approximate surface area is 153 Å². The molecule has 3 rings (SSSR count). The topological polar surface area (TPSA) is 67.4 Å². The molecule has 0 spiro atoms. The standard InChI is InChI=1S/C21H24N2O3/c1-3-14-8-10-16(11-9-14)23-21(25)18-12-17(18)20(24)22-13-15-6-4-5-7-19(15)26-2/h4-11,17-18H,3,12-13H2,1-2H3,(H,22,24)(H,23,25). The highest BCUT2D eigenvalue weighted by Gasteiger charge is 2.47. The van der Waals surface area contributed by atoms with Gasteiger partial charge in [-0.25, -0.2) is 0 Å². The SMILES string of the molecule is CCc1ccc(NC(=O)C2CC2C(=O)NCc2ccccc2OC)cc1. The van der Waals surface area contributed by atoms with Gasteiger partial charge in [0.25, 0.3) is 0 Å². The molecular weight excluding hydrogens is 328 g/mol. The predicted molar refractivity (Wildman–Crippen MR) is 101 cm³/mol. The first kappa shape index (κ1) is 18.0. The Morgan fingerprint density at radius 1 is 1.04 bits per heavy atom. The van der Waals surface area contributed by atoms with E-state index in [0.717, 1.165) is 23.4 Å². The van der Waals surface area contributed by atoms with Crippen LogP contribution in [0.25, 0.3) is 0 Å². The minimum atomic E-state index is -0.251. The molecule has 0 heterocycles. The zero-order valence-electron chi connectivity index (χ0n) is 15.1. The summed E-state index contributed by atoms with van der Waals surface area (Å²) in [6.07, 6.45) is 1.56. The minimum Gasteiger partial charge on any atom is -0.496 e. The number of hydrogen-bond acceptors (Lipinski definition) is 3. The van der Waals surface area contributed by atoms with Crippen molar-refractivity contribution in [1.82, 2.24) is 5.32 Å². The smallest absolute Gasteiger partial charge is 0.228 e. The molecule has 2 atom stereocenters. The molecule has 0 saturated heterocycles. The Morgan fingerprint density at radius 3 is 2.42 bits per heavy atom. The van der Waals surface area contributed by atoms with Gasteiger partial charge in [-0.1, -0.05) is 37.3 Å². The summed E-state index contributed by atoms with van der Waals surface area (Å²) in [6, 6.07) is 15.4. The van der Waals surface area contributed by atoms with E-state index >= 15 is 0 Å². The number of aryl methyl sites for hydroxylation is 1. The number of anilines is 1. The van der Waals surface area contributed by atoms with E-state index < -0.39 is 0 Å². The quantitative estimate of drug-likeness (QED) is 0.804. The van der Waals surface area contributed by atoms with Gasteiger partial charge in [0.1, 0.15) is 5.75 Å². The molecule has 5 heteroatoms. The van der Waals surface area contributed by atoms with Gasteiger partial charge in [0.05, 0.1) is 18.9 Å². The highest BCUT2D eigenvalue weighted by Crippen LogP contribution is 2.39. The van der Waals surface area contributed by atoms with E-state index in [4.69, 9.17) is 4.74 Å². The van der Waals surface area contributed by atoms with Gasteiger partial charge in [0, 0.05) is 17.8 Å². The average Bonchev–Trinajstić information content (AvgIpc) is 3.48. The lowest BCUT2D eigenvalue weighted by Crippen LogP contribution is -2.27. The van der Waals surface area contributed by atoms with Crippen molar-refractivity contribution in [3.05, 3.63) is 59.7 Å². The molecule has 0 bridgehead atoms. The van der Waals surface area contributed by atoms with Crippen molar-refractivity contribution in [3.8, 4) is 5.75 Å². The molecule has 0 radical (unpaired) electrons. The second kappa shape index (κ2) is 8.04. The van der Waals surface area contributed by atoms with E-state index in [9.17, 15) is 9.59 Å². The molecule has 1 aliphatic rings. The summed E-state index contributed by atoms with van der Waals surface area (Å²) in [7, 11) is 1.61. The first-order valence-electron chi connectivity index (χ1n) is 8.91. The zero-order valence-corrected chi connectivity index (χ0v) is 15.1. The van der Waals surface area contributed by atoms with Crippen molar-refractivity contribution in [2.24, 2.45) is 11.8 Å². The summed E-state index contributed by atoms with van der Waals surface area (Å²) in [5.41, 5.74) is 2.91. The first-order valence-corrected chi connectivity index (χ1v) is 8.91. The van der Waals surface area contributed by atoms with Crippen LogP contribution in [0.5, 0.6) is 5.75 Å². The van der Waals surface area contributed by atoms with Crippen molar-refractivity contribution >= 4 is 17.5 Å². The van der Waals surface area contributed by atoms with Crippen LogP contribution in [0.3, 0.4) is 0 Å². The number of para-hydroxylation sites is 1. The van der Waals surface area contributed by atoms with E-state index in [0.29, 0.717) is 13.0 Å². The highest BCUT2D eigenvalue weighted by atomic mass is 16.5. The van der Waals surface area contributed by atoms with E-state index in [1.54, 1.807) is 7.11 Å². The molecular formula is C21H24N2O3. The number of benzene rings is 2. The number of amides is 2. The molecule has 0 aliphatic heterocycles. The van der Waals surface area contributed by atoms with Gasteiger partial charge in [0.2, 0.25) is 11.8 Å². The van der Waals surface area contributed by atoms with Crippen LogP contribution in [0.4, 0.5) is 5.69 Å². The zero-order chi connectivity index (χ0) is 18.5. The van der Waals surface area contributed by atoms with Gasteiger partial charge in [0.15, 0.2) is 0 Å². The normalized spacial score (nSPS) is 18.1. The van der Waals surface area contributed by atoms with Gasteiger partial charge in [-0.15, -0.1) is 0 Å². The van der Waals surface area contributed by atoms with Crippen LogP contribution in [0.1, 0.15) is 24.5 Å². The third-order valence-corrected chi connectivity index (χ3v) is 4.74. The Morgan fingerprint density at radius 2 is 1.73 bits per heavy atom. The Bertz CT molecular complexity index is 786. The van der Waals surface area contributed by atoms with Crippen LogP contribution in [0, 0.1) is 11.8 Å². The van der Waals surface area contributed by atoms with E-state index in [1.165, 1.54) is 5.56 Å². The van der Waals surface area contributed by atoms with Gasteiger partial charge in [-0.2, -0.15) is 0 Å². The van der Waals surface area contributed by atoms with Gasteiger partial charge in [-0.3, -0.25) is 9.59 Å². The molecule has 1 fully saturated rings. The van der Waals surface area contributed by atoms with E-state index in [2.05, 4.69) is 17.6 Å². The molecule has 5 nitrogen and oxygen atoms in total. The Hall–Kier alpha value is -2.82. The lowest BCUT2D eigenvalue weighted by Gasteiger charge is -2.09. The maximum Gasteiger partial charge on any atom is 0.228 e. The number of carbonyl (C=O) groups excluding carboxylic acids is 2. The van der Waals surface area contributed by atoms with Crippen LogP contribution < -0.4 is 15.4 Å². The molecule has 1 aliphatic carbocycles. The maximum absolute atomic E-state index is 12.3. The molecule has 2 amide bonds. The maximum atomic E-state index is 12.3. The summed E-state index contributed by atoms with van der Waals surface area (Å²) < 4.78 is 5.28. The second-order valence-electron chi connectivity index (χ2n) is 6.52. The number of nitrogens with one attached hydrogen (secondary N) is 2. The number of carbonyl (C=O) groups is 2. The van der Waals surface area contributed by atoms with Crippen LogP contribution in [0.2, 0.25) is 0 Å². The van der Waals surface area contributed by atoms with Crippen LogP contribution in [-0.2, 0) is 22.6 Å². The molecule has 2 aromatic rings. The summed E-state index contributed by atoms with van der Waals surface area (Å²) in [5, 5.41) is 5.79. The summed E-state index contributed by atoms with van der Waals surface area (Å²) in [5.74, 6) is 0.0654. The van der Waals surface area contributed by atoms with Crippen molar-refractivity contribution in [3.63, 3.8) is 0 Å². The van der Waals surface area contributed by atoms with E-state index in [1.807, 2.05) is 48.5 Å². The van der Waals surface area contributed by atoms with E-state index in [-0.39, 0.29) is 23.7 Å². The average molecular weight is 352 g/mol. The molecule has 1 saturated carbocycles. The number of ether oxygens (including phenoxy) is 1. The largest absolute Gasteiger partial charge is 0.496 e. The van der Waals surface area contributed by atoms with Gasteiger partial charge < -0.3 is 15.4 Å². The fraction of sp³-hybridized carbons (Fsp3) is 0.333. The van der Waals surface area contributed by atoms with Crippen LogP contribution >= 0.6 is 0 Å². The Balaban J connectivity index is 1.49. The molecule has 2 N–H and O–H groups in total. The van der Waals surface area contributed by atoms with Crippen molar-refractivity contribution < 1.29 is 14.3 Å². The summed E-state index contributed by atoms with van der Waals surface area (Å²) in [4.78, 5) is 24.6. The second-order valence-corrected chi connectivity index (χ2v) is 6.52. The molecule has 26 heavy (non-hydrogen) atoms. The van der Waals surface area contributed by atoms with Crippen molar-refractivity contribution in [2.75, 3.05) is 12.4 Å². The van der Waals surface area contributed by atoms with Crippen molar-refractivity contribution in [1.29, 1.82) is 0 Å². The third kappa shape index (κ3) is 4.23. The van der Waals surface area contributed by atoms with Gasteiger partial charge >= 0.3 is 0 Å². The lowest BCUT2D eigenvalue weighted by molar-refractivity contribution is -0.125. The number of methoxy groups -OCH3 is 1. The molecule has 136 valence electrons. The van der Waals surface area contributed by atoms with Crippen molar-refractivity contribution in [2.45, 2.75) is 26.3 Å². The number of hydrogen-bond donors (Lipinski definition) is 2. The first-order chi connectivity index (χ1) is 12.6. The van der Waals surface area contributed by atoms with Crippen LogP contribution in [-0.4, -0.2) is 18.9 Å². The van der Waals surface area contributed by atoms with Crippen LogP contribution in [0.15, 0.2) is 48.5 Å². The third-order valence-electron chi connectivity index (χ3n) is 4.74. The fourth-order valence-corrected chi connectivity index (χ4v) is 3.00. The Kier molecular flexibility index (Phi) is 5.56. The minimum absolute atomic E-state index is 0.0858. The summed E-state index contributed by atoms with van der Waals surface area (Å²) in [6.45, 7) is 2.48.